The largest absolute Gasteiger partial charge is 0.506 e. The van der Waals surface area contributed by atoms with Crippen LogP contribution in [0.2, 0.25) is 10.0 Å². The fourth-order valence-corrected chi connectivity index (χ4v) is 2.99. The number of rotatable bonds is 2. The Morgan fingerprint density at radius 2 is 1.61 bits per heavy atom. The van der Waals surface area contributed by atoms with Crippen molar-refractivity contribution in [2.45, 2.75) is 26.2 Å². The van der Waals surface area contributed by atoms with Crippen molar-refractivity contribution in [2.75, 3.05) is 0 Å². The van der Waals surface area contributed by atoms with Gasteiger partial charge >= 0.3 is 0 Å². The molecule has 2 aromatic rings. The highest BCUT2D eigenvalue weighted by atomic mass is 79.9. The summed E-state index contributed by atoms with van der Waals surface area (Å²) in [6.45, 7) is 6.13. The Bertz CT molecular complexity index is 783. The number of halogens is 3. The Labute approximate surface area is 153 Å². The van der Waals surface area contributed by atoms with Gasteiger partial charge in [0.15, 0.2) is 5.75 Å². The highest BCUT2D eigenvalue weighted by molar-refractivity contribution is 9.10. The van der Waals surface area contributed by atoms with Crippen molar-refractivity contribution >= 4 is 51.0 Å². The first kappa shape index (κ1) is 18.1. The van der Waals surface area contributed by atoms with Crippen LogP contribution in [0, 0.1) is 0 Å². The molecule has 2 N–H and O–H groups in total. The third-order valence-corrected chi connectivity index (χ3v) is 4.34. The molecule has 0 bridgehead atoms. The smallest absolute Gasteiger partial charge is 0.159 e. The van der Waals surface area contributed by atoms with E-state index in [4.69, 9.17) is 23.2 Å². The molecular weight excluding hydrogens is 401 g/mol. The number of phenolic OH excluding ortho intramolecular Hbond substituents is 2. The van der Waals surface area contributed by atoms with Gasteiger partial charge in [-0.05, 0) is 35.2 Å². The number of aromatic hydroxyl groups is 2. The summed E-state index contributed by atoms with van der Waals surface area (Å²) in [5, 5.41) is 20.5. The first-order valence-corrected chi connectivity index (χ1v) is 8.39. The maximum absolute atomic E-state index is 10.1. The zero-order chi connectivity index (χ0) is 17.4. The van der Waals surface area contributed by atoms with Crippen LogP contribution in [0.3, 0.4) is 0 Å². The summed E-state index contributed by atoms with van der Waals surface area (Å²) in [5.41, 5.74) is 1.57. The van der Waals surface area contributed by atoms with Crippen LogP contribution >= 0.6 is 39.1 Å². The van der Waals surface area contributed by atoms with E-state index >= 15 is 0 Å². The summed E-state index contributed by atoms with van der Waals surface area (Å²) in [5.74, 6) is -0.173. The molecule has 0 atom stereocenters. The van der Waals surface area contributed by atoms with Gasteiger partial charge in [-0.25, -0.2) is 0 Å². The average Bonchev–Trinajstić information content (AvgIpc) is 2.43. The maximum atomic E-state index is 10.1. The molecule has 122 valence electrons. The monoisotopic (exact) mass is 415 g/mol. The Morgan fingerprint density at radius 3 is 2.22 bits per heavy atom. The summed E-state index contributed by atoms with van der Waals surface area (Å²) in [6, 6.07) is 6.76. The van der Waals surface area contributed by atoms with Crippen molar-refractivity contribution in [3.05, 3.63) is 49.9 Å². The Morgan fingerprint density at radius 1 is 1.00 bits per heavy atom. The van der Waals surface area contributed by atoms with Gasteiger partial charge in [0.05, 0.1) is 10.0 Å². The molecule has 0 amide bonds. The van der Waals surface area contributed by atoms with E-state index in [9.17, 15) is 10.2 Å². The van der Waals surface area contributed by atoms with Gasteiger partial charge in [0.2, 0.25) is 0 Å². The molecule has 0 heterocycles. The van der Waals surface area contributed by atoms with Crippen LogP contribution in [0.1, 0.15) is 31.9 Å². The van der Waals surface area contributed by atoms with Gasteiger partial charge < -0.3 is 10.2 Å². The number of phenols is 2. The molecule has 6 heteroatoms. The number of benzene rings is 2. The van der Waals surface area contributed by atoms with E-state index < -0.39 is 0 Å². The van der Waals surface area contributed by atoms with E-state index in [1.807, 2.05) is 20.8 Å². The molecule has 0 spiro atoms. The van der Waals surface area contributed by atoms with Crippen molar-refractivity contribution in [2.24, 2.45) is 4.99 Å². The lowest BCUT2D eigenvalue weighted by atomic mass is 9.87. The molecule has 2 rings (SSSR count). The van der Waals surface area contributed by atoms with Gasteiger partial charge in [-0.1, -0.05) is 59.9 Å². The molecule has 0 radical (unpaired) electrons. The molecule has 2 aromatic carbocycles. The van der Waals surface area contributed by atoms with Crippen molar-refractivity contribution in [3.8, 4) is 11.5 Å². The molecule has 0 aliphatic carbocycles. The number of nitrogens with zero attached hydrogens (tertiary/aromatic N) is 1. The first-order chi connectivity index (χ1) is 10.6. The van der Waals surface area contributed by atoms with Crippen LogP contribution in [0.15, 0.2) is 33.7 Å². The van der Waals surface area contributed by atoms with Crippen LogP contribution in [-0.2, 0) is 5.41 Å². The van der Waals surface area contributed by atoms with Gasteiger partial charge in [-0.2, -0.15) is 0 Å². The minimum atomic E-state index is -0.136. The summed E-state index contributed by atoms with van der Waals surface area (Å²) >= 11 is 15.3. The summed E-state index contributed by atoms with van der Waals surface area (Å²) in [7, 11) is 0. The molecule has 0 fully saturated rings. The lowest BCUT2D eigenvalue weighted by molar-refractivity contribution is 0.474. The fraction of sp³-hybridized carbons (Fsp3) is 0.235. The van der Waals surface area contributed by atoms with E-state index in [0.29, 0.717) is 15.7 Å². The number of hydrogen-bond donors (Lipinski definition) is 2. The Kier molecular flexibility index (Phi) is 5.29. The minimum absolute atomic E-state index is 0.0730. The molecule has 0 unspecified atom stereocenters. The quantitative estimate of drug-likeness (QED) is 0.571. The van der Waals surface area contributed by atoms with Gasteiger partial charge in [0.25, 0.3) is 0 Å². The fourth-order valence-electron chi connectivity index (χ4n) is 1.94. The lowest BCUT2D eigenvalue weighted by Crippen LogP contribution is -2.10. The summed E-state index contributed by atoms with van der Waals surface area (Å²) in [4.78, 5) is 4.26. The van der Waals surface area contributed by atoms with Gasteiger partial charge in [-0.15, -0.1) is 0 Å². The predicted octanol–water partition coefficient (Wildman–Crippen LogP) is 6.22. The predicted molar refractivity (Wildman–Crippen MR) is 99.9 cm³/mol. The van der Waals surface area contributed by atoms with Crippen molar-refractivity contribution in [3.63, 3.8) is 0 Å². The minimum Gasteiger partial charge on any atom is -0.506 e. The molecule has 3 nitrogen and oxygen atoms in total. The highest BCUT2D eigenvalue weighted by Gasteiger charge is 2.18. The van der Waals surface area contributed by atoms with E-state index in [2.05, 4.69) is 20.9 Å². The van der Waals surface area contributed by atoms with Crippen LogP contribution in [-0.4, -0.2) is 16.4 Å². The highest BCUT2D eigenvalue weighted by Crippen LogP contribution is 2.39. The van der Waals surface area contributed by atoms with E-state index in [-0.39, 0.29) is 27.0 Å². The first-order valence-electron chi connectivity index (χ1n) is 6.84. The Balaban J connectivity index is 2.50. The molecule has 0 aliphatic rings. The van der Waals surface area contributed by atoms with Crippen LogP contribution in [0.4, 0.5) is 5.69 Å². The number of hydrogen-bond acceptors (Lipinski definition) is 3. The molecule has 23 heavy (non-hydrogen) atoms. The number of aliphatic imine (C=N–C) groups is 1. The Hall–Kier alpha value is -1.23. The standard InChI is InChI=1S/C17H16BrCl2NO2/c1-17(2,3)10-5-12(19)16(23)14(6-10)21-8-9-4-11(18)7-13(20)15(9)22/h4-8,22-23H,1-3H3/b21-8+. The molecular formula is C17H16BrCl2NO2. The molecule has 0 aromatic heterocycles. The summed E-state index contributed by atoms with van der Waals surface area (Å²) < 4.78 is 0.715. The zero-order valence-corrected chi connectivity index (χ0v) is 16.0. The topological polar surface area (TPSA) is 52.8 Å². The van der Waals surface area contributed by atoms with E-state index in [0.717, 1.165) is 5.56 Å². The van der Waals surface area contributed by atoms with Crippen LogP contribution in [0.5, 0.6) is 11.5 Å². The average molecular weight is 417 g/mol. The summed E-state index contributed by atoms with van der Waals surface area (Å²) in [6.07, 6.45) is 1.43. The van der Waals surface area contributed by atoms with Crippen LogP contribution < -0.4 is 0 Å². The van der Waals surface area contributed by atoms with Crippen molar-refractivity contribution in [1.29, 1.82) is 0 Å². The van der Waals surface area contributed by atoms with Crippen molar-refractivity contribution < 1.29 is 10.2 Å². The molecule has 0 aliphatic heterocycles. The normalized spacial score (nSPS) is 12.1. The molecule has 0 saturated heterocycles. The third-order valence-electron chi connectivity index (χ3n) is 3.31. The van der Waals surface area contributed by atoms with Gasteiger partial charge in [0, 0.05) is 16.3 Å². The SMILES string of the molecule is CC(C)(C)c1cc(Cl)c(O)c(/N=C/c2cc(Br)cc(Cl)c2O)c1. The van der Waals surface area contributed by atoms with E-state index in [1.54, 1.807) is 24.3 Å². The van der Waals surface area contributed by atoms with E-state index in [1.165, 1.54) is 6.21 Å². The second-order valence-corrected chi connectivity index (χ2v) is 7.89. The lowest BCUT2D eigenvalue weighted by Gasteiger charge is -2.20. The van der Waals surface area contributed by atoms with Crippen molar-refractivity contribution in [1.82, 2.24) is 0 Å². The zero-order valence-electron chi connectivity index (χ0n) is 12.9. The molecule has 0 saturated carbocycles. The maximum Gasteiger partial charge on any atom is 0.159 e. The van der Waals surface area contributed by atoms with Crippen LogP contribution in [0.25, 0.3) is 0 Å². The third kappa shape index (κ3) is 4.19. The second kappa shape index (κ2) is 6.71. The van der Waals surface area contributed by atoms with Gasteiger partial charge in [0.1, 0.15) is 11.4 Å². The van der Waals surface area contributed by atoms with Gasteiger partial charge in [-0.3, -0.25) is 4.99 Å². The second-order valence-electron chi connectivity index (χ2n) is 6.16.